The quantitative estimate of drug-likeness (QED) is 0.721. The van der Waals surface area contributed by atoms with Crippen molar-refractivity contribution in [3.8, 4) is 5.75 Å². The second-order valence-corrected chi connectivity index (χ2v) is 4.65. The Morgan fingerprint density at radius 1 is 0.909 bits per heavy atom. The predicted molar refractivity (Wildman–Crippen MR) is 84.6 cm³/mol. The Kier molecular flexibility index (Phi) is 3.92. The number of rotatable bonds is 4. The van der Waals surface area contributed by atoms with Gasteiger partial charge in [0.25, 0.3) is 5.91 Å². The highest BCUT2D eigenvalue weighted by molar-refractivity contribution is 6.09. The molecule has 1 aromatic heterocycles. The van der Waals surface area contributed by atoms with Crippen LogP contribution in [0.4, 0.5) is 11.4 Å². The number of methoxy groups -OCH3 is 1. The van der Waals surface area contributed by atoms with Crippen LogP contribution < -0.4 is 9.64 Å². The van der Waals surface area contributed by atoms with Crippen LogP contribution in [0.15, 0.2) is 77.4 Å². The van der Waals surface area contributed by atoms with E-state index >= 15 is 0 Å². The molecule has 0 aliphatic heterocycles. The van der Waals surface area contributed by atoms with Crippen molar-refractivity contribution in [2.45, 2.75) is 0 Å². The van der Waals surface area contributed by atoms with E-state index in [0.29, 0.717) is 5.76 Å². The summed E-state index contributed by atoms with van der Waals surface area (Å²) in [5.74, 6) is 0.809. The Bertz CT molecular complexity index is 734. The summed E-state index contributed by atoms with van der Waals surface area (Å²) in [5.41, 5.74) is 1.52. The molecule has 0 spiro atoms. The molecule has 3 aromatic rings. The van der Waals surface area contributed by atoms with Gasteiger partial charge in [-0.2, -0.15) is 0 Å². The maximum Gasteiger partial charge on any atom is 0.298 e. The van der Waals surface area contributed by atoms with Crippen molar-refractivity contribution < 1.29 is 13.9 Å². The van der Waals surface area contributed by atoms with Crippen molar-refractivity contribution in [3.63, 3.8) is 0 Å². The van der Waals surface area contributed by atoms with Crippen molar-refractivity contribution >= 4 is 17.3 Å². The van der Waals surface area contributed by atoms with Crippen molar-refractivity contribution in [1.29, 1.82) is 0 Å². The molecular formula is C18H15NO3. The number of hydrogen-bond acceptors (Lipinski definition) is 3. The highest BCUT2D eigenvalue weighted by Gasteiger charge is 2.21. The highest BCUT2D eigenvalue weighted by atomic mass is 16.5. The Labute approximate surface area is 128 Å². The third-order valence-electron chi connectivity index (χ3n) is 3.28. The number of amides is 1. The van der Waals surface area contributed by atoms with E-state index < -0.39 is 0 Å². The molecule has 0 N–H and O–H groups in total. The fourth-order valence-corrected chi connectivity index (χ4v) is 2.20. The van der Waals surface area contributed by atoms with Gasteiger partial charge in [-0.1, -0.05) is 18.2 Å². The third-order valence-corrected chi connectivity index (χ3v) is 3.28. The summed E-state index contributed by atoms with van der Waals surface area (Å²) in [6.45, 7) is 0. The smallest absolute Gasteiger partial charge is 0.298 e. The zero-order valence-electron chi connectivity index (χ0n) is 12.1. The van der Waals surface area contributed by atoms with Gasteiger partial charge in [-0.05, 0) is 48.5 Å². The normalized spacial score (nSPS) is 10.2. The molecule has 0 radical (unpaired) electrons. The molecule has 1 heterocycles. The third kappa shape index (κ3) is 2.72. The van der Waals surface area contributed by atoms with Gasteiger partial charge in [-0.3, -0.25) is 9.69 Å². The van der Waals surface area contributed by atoms with Crippen LogP contribution >= 0.6 is 0 Å². The lowest BCUT2D eigenvalue weighted by Crippen LogP contribution is -2.25. The molecular weight excluding hydrogens is 278 g/mol. The average molecular weight is 293 g/mol. The minimum absolute atomic E-state index is 0.221. The first-order valence-corrected chi connectivity index (χ1v) is 6.86. The Hall–Kier alpha value is -3.01. The fraction of sp³-hybridized carbons (Fsp3) is 0.0556. The topological polar surface area (TPSA) is 42.7 Å². The minimum atomic E-state index is -0.221. The highest BCUT2D eigenvalue weighted by Crippen LogP contribution is 2.29. The number of para-hydroxylation sites is 1. The van der Waals surface area contributed by atoms with Crippen LogP contribution in [0, 0.1) is 0 Å². The first-order chi connectivity index (χ1) is 10.8. The minimum Gasteiger partial charge on any atom is -0.497 e. The number of furan rings is 1. The molecule has 0 aliphatic rings. The number of carbonyl (C=O) groups excluding carboxylic acids is 1. The summed E-state index contributed by atoms with van der Waals surface area (Å²) < 4.78 is 10.4. The number of ether oxygens (including phenoxy) is 1. The average Bonchev–Trinajstić information content (AvgIpc) is 3.11. The molecule has 110 valence electrons. The van der Waals surface area contributed by atoms with Crippen LogP contribution in [0.3, 0.4) is 0 Å². The molecule has 4 heteroatoms. The molecule has 1 amide bonds. The maximum absolute atomic E-state index is 12.8. The van der Waals surface area contributed by atoms with E-state index in [9.17, 15) is 4.79 Å². The second-order valence-electron chi connectivity index (χ2n) is 4.65. The van der Waals surface area contributed by atoms with Gasteiger partial charge in [0.05, 0.1) is 13.4 Å². The summed E-state index contributed by atoms with van der Waals surface area (Å²) in [4.78, 5) is 14.4. The summed E-state index contributed by atoms with van der Waals surface area (Å²) in [6.07, 6.45) is 1.49. The maximum atomic E-state index is 12.8. The fourth-order valence-electron chi connectivity index (χ4n) is 2.20. The van der Waals surface area contributed by atoms with Gasteiger partial charge in [0, 0.05) is 11.4 Å². The summed E-state index contributed by atoms with van der Waals surface area (Å²) >= 11 is 0. The molecule has 3 rings (SSSR count). The van der Waals surface area contributed by atoms with E-state index in [2.05, 4.69) is 0 Å². The van der Waals surface area contributed by atoms with Gasteiger partial charge in [-0.25, -0.2) is 0 Å². The van der Waals surface area contributed by atoms with Gasteiger partial charge in [-0.15, -0.1) is 0 Å². The first kappa shape index (κ1) is 13.9. The lowest BCUT2D eigenvalue weighted by Gasteiger charge is -2.22. The summed E-state index contributed by atoms with van der Waals surface area (Å²) in [7, 11) is 1.61. The van der Waals surface area contributed by atoms with Crippen LogP contribution in [0.1, 0.15) is 10.6 Å². The van der Waals surface area contributed by atoms with Crippen LogP contribution in [0.5, 0.6) is 5.75 Å². The number of hydrogen-bond donors (Lipinski definition) is 0. The largest absolute Gasteiger partial charge is 0.497 e. The summed E-state index contributed by atoms with van der Waals surface area (Å²) in [6, 6.07) is 20.1. The lowest BCUT2D eigenvalue weighted by atomic mass is 10.2. The van der Waals surface area contributed by atoms with E-state index in [1.54, 1.807) is 24.1 Å². The first-order valence-electron chi connectivity index (χ1n) is 6.86. The molecule has 4 nitrogen and oxygen atoms in total. The van der Waals surface area contributed by atoms with Gasteiger partial charge >= 0.3 is 0 Å². The van der Waals surface area contributed by atoms with Gasteiger partial charge < -0.3 is 9.15 Å². The lowest BCUT2D eigenvalue weighted by molar-refractivity contribution is 0.0973. The number of nitrogens with zero attached hydrogens (tertiary/aromatic N) is 1. The Balaban J connectivity index is 2.04. The molecule has 0 bridgehead atoms. The Morgan fingerprint density at radius 2 is 1.59 bits per heavy atom. The predicted octanol–water partition coefficient (Wildman–Crippen LogP) is 4.27. The van der Waals surface area contributed by atoms with E-state index in [-0.39, 0.29) is 5.91 Å². The van der Waals surface area contributed by atoms with Crippen LogP contribution in [-0.4, -0.2) is 13.0 Å². The molecule has 0 unspecified atom stereocenters. The summed E-state index contributed by atoms with van der Waals surface area (Å²) in [5, 5.41) is 0. The standard InChI is InChI=1S/C18H15NO3/c1-21-16-11-9-15(10-12-16)19(14-6-3-2-4-7-14)18(20)17-8-5-13-22-17/h2-13H,1H3. The molecule has 0 fully saturated rings. The van der Waals surface area contributed by atoms with Crippen LogP contribution in [0.25, 0.3) is 0 Å². The number of carbonyl (C=O) groups is 1. The zero-order valence-corrected chi connectivity index (χ0v) is 12.1. The SMILES string of the molecule is COc1ccc(N(C(=O)c2ccco2)c2ccccc2)cc1. The van der Waals surface area contributed by atoms with Crippen molar-refractivity contribution in [2.75, 3.05) is 12.0 Å². The van der Waals surface area contributed by atoms with Gasteiger partial charge in [0.2, 0.25) is 0 Å². The molecule has 2 aromatic carbocycles. The van der Waals surface area contributed by atoms with Crippen molar-refractivity contribution in [3.05, 3.63) is 78.8 Å². The Morgan fingerprint density at radius 3 is 2.18 bits per heavy atom. The van der Waals surface area contributed by atoms with E-state index in [1.165, 1.54) is 6.26 Å². The van der Waals surface area contributed by atoms with Gasteiger partial charge in [0.1, 0.15) is 5.75 Å². The van der Waals surface area contributed by atoms with E-state index in [4.69, 9.17) is 9.15 Å². The van der Waals surface area contributed by atoms with E-state index in [0.717, 1.165) is 17.1 Å². The molecule has 22 heavy (non-hydrogen) atoms. The molecule has 0 aliphatic carbocycles. The molecule has 0 atom stereocenters. The van der Waals surface area contributed by atoms with Gasteiger partial charge in [0.15, 0.2) is 5.76 Å². The van der Waals surface area contributed by atoms with E-state index in [1.807, 2.05) is 54.6 Å². The second kappa shape index (κ2) is 6.18. The van der Waals surface area contributed by atoms with Crippen LogP contribution in [0.2, 0.25) is 0 Å². The molecule has 0 saturated heterocycles. The monoisotopic (exact) mass is 293 g/mol. The zero-order chi connectivity index (χ0) is 15.4. The van der Waals surface area contributed by atoms with Crippen LogP contribution in [-0.2, 0) is 0 Å². The number of benzene rings is 2. The molecule has 0 saturated carbocycles. The van der Waals surface area contributed by atoms with Crippen molar-refractivity contribution in [1.82, 2.24) is 0 Å². The van der Waals surface area contributed by atoms with Crippen molar-refractivity contribution in [2.24, 2.45) is 0 Å². The number of anilines is 2.